The molecule has 0 spiro atoms. The second-order valence-electron chi connectivity index (χ2n) is 3.60. The molecule has 1 aromatic rings. The molecule has 84 valence electrons. The summed E-state index contributed by atoms with van der Waals surface area (Å²) in [6.07, 6.45) is -0.609. The van der Waals surface area contributed by atoms with Crippen molar-refractivity contribution in [1.29, 1.82) is 0 Å². The Hall–Kier alpha value is -1.00. The zero-order chi connectivity index (χ0) is 11.6. The summed E-state index contributed by atoms with van der Waals surface area (Å²) in [7, 11) is 0. The molecule has 0 aliphatic rings. The van der Waals surface area contributed by atoms with Crippen molar-refractivity contribution in [3.05, 3.63) is 34.4 Å². The monoisotopic (exact) mass is 215 g/mol. The van der Waals surface area contributed by atoms with Gasteiger partial charge in [0, 0.05) is 5.56 Å². The molecule has 1 atom stereocenters. The van der Waals surface area contributed by atoms with Gasteiger partial charge < -0.3 is 10.8 Å². The van der Waals surface area contributed by atoms with Crippen molar-refractivity contribution in [1.82, 2.24) is 0 Å². The van der Waals surface area contributed by atoms with E-state index < -0.39 is 17.7 Å². The molecule has 0 aromatic heterocycles. The molecule has 0 saturated heterocycles. The fraction of sp³-hybridized carbons (Fsp3) is 0.455. The lowest BCUT2D eigenvalue weighted by molar-refractivity contribution is 0.168. The highest BCUT2D eigenvalue weighted by atomic mass is 19.1. The van der Waals surface area contributed by atoms with Crippen LogP contribution in [0.2, 0.25) is 0 Å². The van der Waals surface area contributed by atoms with Gasteiger partial charge in [-0.05, 0) is 44.0 Å². The van der Waals surface area contributed by atoms with Crippen LogP contribution < -0.4 is 5.73 Å². The second kappa shape index (κ2) is 4.68. The minimum absolute atomic E-state index is 0.0174. The summed E-state index contributed by atoms with van der Waals surface area (Å²) < 4.78 is 26.7. The van der Waals surface area contributed by atoms with Gasteiger partial charge in [-0.1, -0.05) is 0 Å². The van der Waals surface area contributed by atoms with Crippen LogP contribution in [0.4, 0.5) is 8.78 Å². The van der Waals surface area contributed by atoms with Crippen molar-refractivity contribution in [2.45, 2.75) is 26.4 Å². The Bertz CT molecular complexity index is 366. The Morgan fingerprint density at radius 1 is 1.33 bits per heavy atom. The fourth-order valence-corrected chi connectivity index (χ4v) is 1.53. The smallest absolute Gasteiger partial charge is 0.132 e. The Morgan fingerprint density at radius 3 is 2.47 bits per heavy atom. The number of hydrogen-bond acceptors (Lipinski definition) is 2. The first kappa shape index (κ1) is 12.1. The molecule has 15 heavy (non-hydrogen) atoms. The Morgan fingerprint density at radius 2 is 1.93 bits per heavy atom. The zero-order valence-electron chi connectivity index (χ0n) is 8.85. The number of benzene rings is 1. The third-order valence-corrected chi connectivity index (χ3v) is 2.53. The first-order valence-electron chi connectivity index (χ1n) is 4.82. The molecular weight excluding hydrogens is 200 g/mol. The lowest BCUT2D eigenvalue weighted by Crippen LogP contribution is -2.10. The first-order valence-corrected chi connectivity index (χ1v) is 4.82. The summed E-state index contributed by atoms with van der Waals surface area (Å²) in [6, 6.07) is 1.17. The Balaban J connectivity index is 3.19. The SMILES string of the molecule is Cc1c(F)cc(C(O)CCN)c(C)c1F. The van der Waals surface area contributed by atoms with Crippen LogP contribution in [0.1, 0.15) is 29.2 Å². The normalized spacial score (nSPS) is 12.9. The maximum atomic E-state index is 13.5. The molecule has 0 radical (unpaired) electrons. The summed E-state index contributed by atoms with van der Waals surface area (Å²) in [5.74, 6) is -1.23. The Kier molecular flexibility index (Phi) is 3.77. The average Bonchev–Trinajstić information content (AvgIpc) is 2.20. The van der Waals surface area contributed by atoms with E-state index in [4.69, 9.17) is 5.73 Å². The lowest BCUT2D eigenvalue weighted by atomic mass is 9.98. The summed E-state index contributed by atoms with van der Waals surface area (Å²) in [5, 5.41) is 9.63. The van der Waals surface area contributed by atoms with Crippen molar-refractivity contribution in [3.8, 4) is 0 Å². The second-order valence-corrected chi connectivity index (χ2v) is 3.60. The number of halogens is 2. The van der Waals surface area contributed by atoms with E-state index in [2.05, 4.69) is 0 Å². The van der Waals surface area contributed by atoms with E-state index in [0.717, 1.165) is 0 Å². The first-order chi connectivity index (χ1) is 6.99. The van der Waals surface area contributed by atoms with Gasteiger partial charge in [-0.3, -0.25) is 0 Å². The van der Waals surface area contributed by atoms with Gasteiger partial charge in [-0.25, -0.2) is 8.78 Å². The maximum absolute atomic E-state index is 13.5. The molecule has 3 N–H and O–H groups in total. The average molecular weight is 215 g/mol. The fourth-order valence-electron chi connectivity index (χ4n) is 1.53. The van der Waals surface area contributed by atoms with Crippen LogP contribution in [0.25, 0.3) is 0 Å². The highest BCUT2D eigenvalue weighted by Crippen LogP contribution is 2.26. The molecule has 1 aromatic carbocycles. The van der Waals surface area contributed by atoms with E-state index in [1.54, 1.807) is 0 Å². The molecule has 0 heterocycles. The highest BCUT2D eigenvalue weighted by molar-refractivity contribution is 5.34. The topological polar surface area (TPSA) is 46.2 Å². The van der Waals surface area contributed by atoms with Gasteiger partial charge in [0.1, 0.15) is 11.6 Å². The minimum Gasteiger partial charge on any atom is -0.388 e. The molecule has 0 aliphatic heterocycles. The van der Waals surface area contributed by atoms with Crippen molar-refractivity contribution in [3.63, 3.8) is 0 Å². The summed E-state index contributed by atoms with van der Waals surface area (Å²) in [4.78, 5) is 0. The predicted molar refractivity (Wildman–Crippen MR) is 54.5 cm³/mol. The van der Waals surface area contributed by atoms with E-state index in [0.29, 0.717) is 6.42 Å². The number of hydrogen-bond donors (Lipinski definition) is 2. The number of nitrogens with two attached hydrogens (primary N) is 1. The van der Waals surface area contributed by atoms with E-state index >= 15 is 0 Å². The van der Waals surface area contributed by atoms with Crippen molar-refractivity contribution in [2.75, 3.05) is 6.54 Å². The summed E-state index contributed by atoms with van der Waals surface area (Å²) >= 11 is 0. The van der Waals surface area contributed by atoms with Gasteiger partial charge in [-0.15, -0.1) is 0 Å². The number of aliphatic hydroxyl groups is 1. The molecule has 0 bridgehead atoms. The lowest BCUT2D eigenvalue weighted by Gasteiger charge is -2.15. The standard InChI is InChI=1S/C11H15F2NO/c1-6-8(10(15)3-4-14)5-9(12)7(2)11(6)13/h5,10,15H,3-4,14H2,1-2H3. The van der Waals surface area contributed by atoms with E-state index in [1.807, 2.05) is 0 Å². The van der Waals surface area contributed by atoms with Crippen LogP contribution in [-0.2, 0) is 0 Å². The third-order valence-electron chi connectivity index (χ3n) is 2.53. The minimum atomic E-state index is -0.903. The quantitative estimate of drug-likeness (QED) is 0.809. The van der Waals surface area contributed by atoms with Crippen molar-refractivity contribution >= 4 is 0 Å². The van der Waals surface area contributed by atoms with Gasteiger partial charge in [0.05, 0.1) is 6.10 Å². The molecule has 1 rings (SSSR count). The maximum Gasteiger partial charge on any atom is 0.132 e. The van der Waals surface area contributed by atoms with E-state index in [1.165, 1.54) is 19.9 Å². The van der Waals surface area contributed by atoms with Crippen LogP contribution in [0.5, 0.6) is 0 Å². The van der Waals surface area contributed by atoms with Gasteiger partial charge in [0.15, 0.2) is 0 Å². The molecule has 0 fully saturated rings. The molecule has 0 saturated carbocycles. The third kappa shape index (κ3) is 2.33. The van der Waals surface area contributed by atoms with Gasteiger partial charge in [0.2, 0.25) is 0 Å². The number of aliphatic hydroxyl groups excluding tert-OH is 1. The van der Waals surface area contributed by atoms with Crippen LogP contribution in [0, 0.1) is 25.5 Å². The van der Waals surface area contributed by atoms with Gasteiger partial charge in [-0.2, -0.15) is 0 Å². The van der Waals surface area contributed by atoms with E-state index in [9.17, 15) is 13.9 Å². The Labute approximate surface area is 87.7 Å². The predicted octanol–water partition coefficient (Wildman–Crippen LogP) is 1.96. The van der Waals surface area contributed by atoms with Crippen LogP contribution >= 0.6 is 0 Å². The summed E-state index contributed by atoms with van der Waals surface area (Å²) in [6.45, 7) is 3.17. The molecule has 2 nitrogen and oxygen atoms in total. The van der Waals surface area contributed by atoms with Gasteiger partial charge in [0.25, 0.3) is 0 Å². The zero-order valence-corrected chi connectivity index (χ0v) is 8.85. The molecule has 4 heteroatoms. The largest absolute Gasteiger partial charge is 0.388 e. The molecular formula is C11H15F2NO. The molecule has 1 unspecified atom stereocenters. The van der Waals surface area contributed by atoms with Crippen LogP contribution in [0.15, 0.2) is 6.07 Å². The van der Waals surface area contributed by atoms with E-state index in [-0.39, 0.29) is 23.2 Å². The van der Waals surface area contributed by atoms with Crippen LogP contribution in [-0.4, -0.2) is 11.7 Å². The van der Waals surface area contributed by atoms with Gasteiger partial charge >= 0.3 is 0 Å². The van der Waals surface area contributed by atoms with Crippen LogP contribution in [0.3, 0.4) is 0 Å². The molecule has 0 amide bonds. The summed E-state index contributed by atoms with van der Waals surface area (Å²) in [5.41, 5.74) is 5.82. The molecule has 0 aliphatic carbocycles. The number of rotatable bonds is 3. The van der Waals surface area contributed by atoms with Crippen molar-refractivity contribution in [2.24, 2.45) is 5.73 Å². The van der Waals surface area contributed by atoms with Crippen molar-refractivity contribution < 1.29 is 13.9 Å². The highest BCUT2D eigenvalue weighted by Gasteiger charge is 2.17.